The predicted octanol–water partition coefficient (Wildman–Crippen LogP) is 5.55. The maximum Gasteiger partial charge on any atom is 0.0861 e. The normalized spacial score (nSPS) is 13.3. The summed E-state index contributed by atoms with van der Waals surface area (Å²) >= 11 is 0. The molecule has 0 aliphatic heterocycles. The average Bonchev–Trinajstić information content (AvgIpc) is 2.72. The lowest BCUT2D eigenvalue weighted by atomic mass is 9.93. The van der Waals surface area contributed by atoms with Gasteiger partial charge in [0.15, 0.2) is 0 Å². The van der Waals surface area contributed by atoms with Crippen molar-refractivity contribution in [2.75, 3.05) is 14.2 Å². The van der Waals surface area contributed by atoms with Gasteiger partial charge in [-0.1, -0.05) is 84.9 Å². The highest BCUT2D eigenvalue weighted by molar-refractivity contribution is 5.32. The van der Waals surface area contributed by atoms with Gasteiger partial charge in [-0.2, -0.15) is 0 Å². The Bertz CT molecular complexity index is 715. The molecule has 26 heavy (non-hydrogen) atoms. The zero-order valence-electron chi connectivity index (χ0n) is 15.5. The average molecular weight is 346 g/mol. The SMILES string of the molecule is COC(Cc1ccccc1CC(OC)c1ccccc1)c1ccccc1. The third-order valence-corrected chi connectivity index (χ3v) is 4.84. The minimum Gasteiger partial charge on any atom is -0.376 e. The second-order valence-electron chi connectivity index (χ2n) is 6.45. The van der Waals surface area contributed by atoms with Crippen LogP contribution in [0.3, 0.4) is 0 Å². The molecular weight excluding hydrogens is 320 g/mol. The van der Waals surface area contributed by atoms with Crippen molar-refractivity contribution >= 4 is 0 Å². The number of benzene rings is 3. The molecular formula is C24H26O2. The molecule has 0 bridgehead atoms. The van der Waals surface area contributed by atoms with Gasteiger partial charge in [0.25, 0.3) is 0 Å². The van der Waals surface area contributed by atoms with E-state index < -0.39 is 0 Å². The summed E-state index contributed by atoms with van der Waals surface area (Å²) in [4.78, 5) is 0. The molecule has 0 saturated heterocycles. The minimum absolute atomic E-state index is 0.0510. The van der Waals surface area contributed by atoms with Crippen molar-refractivity contribution in [1.82, 2.24) is 0 Å². The van der Waals surface area contributed by atoms with Crippen LogP contribution in [-0.4, -0.2) is 14.2 Å². The Morgan fingerprint density at radius 3 is 1.23 bits per heavy atom. The molecule has 0 aromatic heterocycles. The van der Waals surface area contributed by atoms with Crippen LogP contribution in [0.25, 0.3) is 0 Å². The van der Waals surface area contributed by atoms with Crippen molar-refractivity contribution in [3.63, 3.8) is 0 Å². The van der Waals surface area contributed by atoms with Crippen molar-refractivity contribution in [2.45, 2.75) is 25.0 Å². The fourth-order valence-electron chi connectivity index (χ4n) is 3.37. The maximum atomic E-state index is 5.78. The van der Waals surface area contributed by atoms with Crippen molar-refractivity contribution in [1.29, 1.82) is 0 Å². The number of methoxy groups -OCH3 is 2. The molecule has 3 rings (SSSR count). The Morgan fingerprint density at radius 1 is 0.538 bits per heavy atom. The van der Waals surface area contributed by atoms with E-state index in [-0.39, 0.29) is 12.2 Å². The first-order valence-corrected chi connectivity index (χ1v) is 9.04. The summed E-state index contributed by atoms with van der Waals surface area (Å²) in [5.74, 6) is 0. The standard InChI is InChI=1S/C24H26O2/c1-25-23(19-11-5-3-6-12-19)17-21-15-9-10-16-22(21)18-24(26-2)20-13-7-4-8-14-20/h3-16,23-24H,17-18H2,1-2H3. The third-order valence-electron chi connectivity index (χ3n) is 4.84. The molecule has 0 fully saturated rings. The second-order valence-corrected chi connectivity index (χ2v) is 6.45. The fraction of sp³-hybridized carbons (Fsp3) is 0.250. The summed E-state index contributed by atoms with van der Waals surface area (Å²) in [7, 11) is 3.56. The van der Waals surface area contributed by atoms with Crippen LogP contribution in [0.2, 0.25) is 0 Å². The van der Waals surface area contributed by atoms with Crippen LogP contribution in [0.1, 0.15) is 34.5 Å². The van der Waals surface area contributed by atoms with Gasteiger partial charge >= 0.3 is 0 Å². The van der Waals surface area contributed by atoms with Crippen molar-refractivity contribution in [3.8, 4) is 0 Å². The monoisotopic (exact) mass is 346 g/mol. The van der Waals surface area contributed by atoms with Gasteiger partial charge in [0.05, 0.1) is 12.2 Å². The van der Waals surface area contributed by atoms with Gasteiger partial charge < -0.3 is 9.47 Å². The van der Waals surface area contributed by atoms with E-state index in [1.807, 2.05) is 12.1 Å². The maximum absolute atomic E-state index is 5.78. The van der Waals surface area contributed by atoms with Gasteiger partial charge in [-0.25, -0.2) is 0 Å². The third kappa shape index (κ3) is 4.60. The summed E-state index contributed by atoms with van der Waals surface area (Å²) in [5, 5.41) is 0. The summed E-state index contributed by atoms with van der Waals surface area (Å²) in [5.41, 5.74) is 5.02. The Hall–Kier alpha value is -2.42. The molecule has 0 N–H and O–H groups in total. The summed E-state index contributed by atoms with van der Waals surface area (Å²) in [6.07, 6.45) is 1.80. The van der Waals surface area contributed by atoms with Crippen molar-refractivity contribution in [2.24, 2.45) is 0 Å². The zero-order chi connectivity index (χ0) is 18.2. The first-order valence-electron chi connectivity index (χ1n) is 9.04. The van der Waals surface area contributed by atoms with Crippen molar-refractivity contribution < 1.29 is 9.47 Å². The molecule has 0 heterocycles. The molecule has 0 radical (unpaired) electrons. The molecule has 134 valence electrons. The lowest BCUT2D eigenvalue weighted by Gasteiger charge is -2.21. The van der Waals surface area contributed by atoms with Crippen LogP contribution in [0, 0.1) is 0 Å². The Labute approximate surface area is 156 Å². The first kappa shape index (κ1) is 18.4. The smallest absolute Gasteiger partial charge is 0.0861 e. The Balaban J connectivity index is 1.81. The summed E-state index contributed by atoms with van der Waals surface area (Å²) in [6.45, 7) is 0. The summed E-state index contributed by atoms with van der Waals surface area (Å²) in [6, 6.07) is 29.4. The highest BCUT2D eigenvalue weighted by atomic mass is 16.5. The van der Waals surface area contributed by atoms with Gasteiger partial charge in [-0.15, -0.1) is 0 Å². The van der Waals surface area contributed by atoms with Crippen LogP contribution < -0.4 is 0 Å². The zero-order valence-corrected chi connectivity index (χ0v) is 15.5. The molecule has 2 atom stereocenters. The molecule has 0 aliphatic carbocycles. The second kappa shape index (κ2) is 9.33. The van der Waals surface area contributed by atoms with Gasteiger partial charge in [0, 0.05) is 27.1 Å². The highest BCUT2D eigenvalue weighted by Crippen LogP contribution is 2.27. The predicted molar refractivity (Wildman–Crippen MR) is 106 cm³/mol. The fourth-order valence-corrected chi connectivity index (χ4v) is 3.37. The van der Waals surface area contributed by atoms with Gasteiger partial charge in [-0.3, -0.25) is 0 Å². The Kier molecular flexibility index (Phi) is 6.59. The molecule has 0 aliphatic rings. The van der Waals surface area contributed by atoms with E-state index in [0.29, 0.717) is 0 Å². The number of hydrogen-bond acceptors (Lipinski definition) is 2. The van der Waals surface area contributed by atoms with Crippen molar-refractivity contribution in [3.05, 3.63) is 107 Å². The molecule has 0 spiro atoms. The molecule has 3 aromatic rings. The highest BCUT2D eigenvalue weighted by Gasteiger charge is 2.17. The van der Waals surface area contributed by atoms with E-state index in [2.05, 4.69) is 72.8 Å². The summed E-state index contributed by atoms with van der Waals surface area (Å²) < 4.78 is 11.6. The van der Waals surface area contributed by atoms with E-state index in [4.69, 9.17) is 9.47 Å². The quantitative estimate of drug-likeness (QED) is 0.532. The largest absolute Gasteiger partial charge is 0.376 e. The van der Waals surface area contributed by atoms with Crippen LogP contribution >= 0.6 is 0 Å². The lowest BCUT2D eigenvalue weighted by Crippen LogP contribution is -2.10. The first-order chi connectivity index (χ1) is 12.8. The van der Waals surface area contributed by atoms with Crippen LogP contribution in [0.15, 0.2) is 84.9 Å². The van der Waals surface area contributed by atoms with E-state index in [1.54, 1.807) is 14.2 Å². The molecule has 3 aromatic carbocycles. The Morgan fingerprint density at radius 2 is 0.885 bits per heavy atom. The van der Waals surface area contributed by atoms with E-state index in [1.165, 1.54) is 22.3 Å². The van der Waals surface area contributed by atoms with Gasteiger partial charge in [-0.05, 0) is 22.3 Å². The molecule has 2 nitrogen and oxygen atoms in total. The molecule has 2 unspecified atom stereocenters. The molecule has 0 saturated carbocycles. The van der Waals surface area contributed by atoms with Crippen LogP contribution in [0.4, 0.5) is 0 Å². The van der Waals surface area contributed by atoms with Crippen LogP contribution in [-0.2, 0) is 22.3 Å². The van der Waals surface area contributed by atoms with E-state index in [0.717, 1.165) is 12.8 Å². The number of ether oxygens (including phenoxy) is 2. The van der Waals surface area contributed by atoms with Crippen LogP contribution in [0.5, 0.6) is 0 Å². The van der Waals surface area contributed by atoms with E-state index in [9.17, 15) is 0 Å². The van der Waals surface area contributed by atoms with Gasteiger partial charge in [0.2, 0.25) is 0 Å². The number of rotatable bonds is 8. The number of hydrogen-bond donors (Lipinski definition) is 0. The topological polar surface area (TPSA) is 18.5 Å². The molecule has 0 amide bonds. The lowest BCUT2D eigenvalue weighted by molar-refractivity contribution is 0.0988. The minimum atomic E-state index is 0.0510. The molecule has 2 heteroatoms. The van der Waals surface area contributed by atoms with Gasteiger partial charge in [0.1, 0.15) is 0 Å². The van der Waals surface area contributed by atoms with E-state index >= 15 is 0 Å².